The van der Waals surface area contributed by atoms with Gasteiger partial charge in [0.2, 0.25) is 0 Å². The Morgan fingerprint density at radius 2 is 2.31 bits per heavy atom. The molecule has 2 fully saturated rings. The summed E-state index contributed by atoms with van der Waals surface area (Å²) in [6, 6.07) is 6.94. The van der Waals surface area contributed by atoms with Crippen molar-refractivity contribution in [3.63, 3.8) is 0 Å². The fourth-order valence-electron chi connectivity index (χ4n) is 2.99. The lowest BCUT2D eigenvalue weighted by molar-refractivity contribution is 0.244. The Hall–Kier alpha value is -1.09. The van der Waals surface area contributed by atoms with Crippen LogP contribution in [0.4, 0.5) is 5.82 Å². The summed E-state index contributed by atoms with van der Waals surface area (Å²) in [5, 5.41) is 3.65. The molecule has 3 heterocycles. The number of nitrogens with one attached hydrogen (secondary N) is 1. The van der Waals surface area contributed by atoms with E-state index in [9.17, 15) is 0 Å². The number of aromatic nitrogens is 1. The van der Waals surface area contributed by atoms with Gasteiger partial charge in [-0.2, -0.15) is 0 Å². The maximum atomic E-state index is 4.45. The maximum absolute atomic E-state index is 4.45. The molecule has 0 bridgehead atoms. The van der Waals surface area contributed by atoms with Crippen LogP contribution in [0.3, 0.4) is 0 Å². The largest absolute Gasteiger partial charge is 0.356 e. The lowest BCUT2D eigenvalue weighted by Crippen LogP contribution is -2.52. The van der Waals surface area contributed by atoms with Crippen LogP contribution < -0.4 is 10.2 Å². The van der Waals surface area contributed by atoms with Crippen molar-refractivity contribution < 1.29 is 0 Å². The van der Waals surface area contributed by atoms with E-state index < -0.39 is 0 Å². The van der Waals surface area contributed by atoms with Gasteiger partial charge in [0.15, 0.2) is 0 Å². The first kappa shape index (κ1) is 10.1. The number of fused-ring (bicyclic) bond motifs is 1. The summed E-state index contributed by atoms with van der Waals surface area (Å²) in [5.74, 6) is 1.97. The third-order valence-electron chi connectivity index (χ3n) is 3.87. The number of nitrogens with zero attached hydrogens (tertiary/aromatic N) is 2. The van der Waals surface area contributed by atoms with Crippen LogP contribution in [0, 0.1) is 5.92 Å². The third-order valence-corrected chi connectivity index (χ3v) is 3.87. The van der Waals surface area contributed by atoms with Gasteiger partial charge < -0.3 is 10.2 Å². The van der Waals surface area contributed by atoms with Gasteiger partial charge in [-0.05, 0) is 43.9 Å². The van der Waals surface area contributed by atoms with Gasteiger partial charge in [-0.15, -0.1) is 0 Å². The Morgan fingerprint density at radius 3 is 3.19 bits per heavy atom. The van der Waals surface area contributed by atoms with Gasteiger partial charge in [0.1, 0.15) is 5.82 Å². The van der Waals surface area contributed by atoms with Crippen molar-refractivity contribution in [3.8, 4) is 0 Å². The molecule has 1 aromatic rings. The summed E-state index contributed by atoms with van der Waals surface area (Å²) in [7, 11) is 0. The molecule has 1 N–H and O–H groups in total. The zero-order valence-electron chi connectivity index (χ0n) is 9.60. The van der Waals surface area contributed by atoms with E-state index in [1.165, 1.54) is 32.4 Å². The second kappa shape index (κ2) is 4.42. The number of anilines is 1. The SMILES string of the molecule is c1ccc(N2CCC3NCCCC3C2)nc1. The van der Waals surface area contributed by atoms with Crippen LogP contribution in [-0.2, 0) is 0 Å². The van der Waals surface area contributed by atoms with Crippen LogP contribution in [0.2, 0.25) is 0 Å². The van der Waals surface area contributed by atoms with E-state index in [0.29, 0.717) is 0 Å². The van der Waals surface area contributed by atoms with E-state index in [-0.39, 0.29) is 0 Å². The summed E-state index contributed by atoms with van der Waals surface area (Å²) in [6.45, 7) is 3.53. The van der Waals surface area contributed by atoms with Gasteiger partial charge in [-0.3, -0.25) is 0 Å². The molecular formula is C13H19N3. The summed E-state index contributed by atoms with van der Waals surface area (Å²) < 4.78 is 0. The molecule has 2 saturated heterocycles. The highest BCUT2D eigenvalue weighted by molar-refractivity contribution is 5.38. The lowest BCUT2D eigenvalue weighted by atomic mass is 9.85. The van der Waals surface area contributed by atoms with Crippen molar-refractivity contribution in [2.45, 2.75) is 25.3 Å². The number of piperidine rings is 2. The van der Waals surface area contributed by atoms with Crippen LogP contribution in [0.1, 0.15) is 19.3 Å². The molecule has 0 spiro atoms. The highest BCUT2D eigenvalue weighted by Crippen LogP contribution is 2.27. The van der Waals surface area contributed by atoms with E-state index in [1.807, 2.05) is 12.3 Å². The molecule has 2 unspecified atom stereocenters. The van der Waals surface area contributed by atoms with Crippen LogP contribution in [-0.4, -0.2) is 30.7 Å². The Kier molecular flexibility index (Phi) is 2.79. The third kappa shape index (κ3) is 1.92. The van der Waals surface area contributed by atoms with Gasteiger partial charge in [-0.1, -0.05) is 6.07 Å². The van der Waals surface area contributed by atoms with E-state index in [0.717, 1.165) is 24.3 Å². The zero-order chi connectivity index (χ0) is 10.8. The predicted octanol–water partition coefficient (Wildman–Crippen LogP) is 1.66. The first-order chi connectivity index (χ1) is 7.93. The molecule has 2 aliphatic heterocycles. The molecule has 0 aromatic carbocycles. The zero-order valence-corrected chi connectivity index (χ0v) is 9.60. The minimum atomic E-state index is 0.758. The van der Waals surface area contributed by atoms with Crippen molar-refractivity contribution in [3.05, 3.63) is 24.4 Å². The van der Waals surface area contributed by atoms with Gasteiger partial charge in [0.05, 0.1) is 0 Å². The average Bonchev–Trinajstić information content (AvgIpc) is 2.39. The molecule has 2 atom stereocenters. The first-order valence-electron chi connectivity index (χ1n) is 6.33. The molecular weight excluding hydrogens is 198 g/mol. The van der Waals surface area contributed by atoms with Gasteiger partial charge in [-0.25, -0.2) is 4.98 Å². The molecule has 0 aliphatic carbocycles. The van der Waals surface area contributed by atoms with Crippen LogP contribution in [0.25, 0.3) is 0 Å². The Labute approximate surface area is 96.9 Å². The molecule has 0 saturated carbocycles. The van der Waals surface area contributed by atoms with Crippen molar-refractivity contribution in [2.24, 2.45) is 5.92 Å². The number of rotatable bonds is 1. The van der Waals surface area contributed by atoms with Crippen LogP contribution in [0.5, 0.6) is 0 Å². The number of pyridine rings is 1. The molecule has 0 amide bonds. The molecule has 0 radical (unpaired) electrons. The molecule has 2 aliphatic rings. The Morgan fingerprint density at radius 1 is 1.31 bits per heavy atom. The van der Waals surface area contributed by atoms with Crippen molar-refractivity contribution in [1.82, 2.24) is 10.3 Å². The number of hydrogen-bond acceptors (Lipinski definition) is 3. The molecule has 86 valence electrons. The maximum Gasteiger partial charge on any atom is 0.128 e. The van der Waals surface area contributed by atoms with Crippen LogP contribution in [0.15, 0.2) is 24.4 Å². The predicted molar refractivity (Wildman–Crippen MR) is 65.6 cm³/mol. The molecule has 16 heavy (non-hydrogen) atoms. The van der Waals surface area contributed by atoms with Crippen LogP contribution >= 0.6 is 0 Å². The van der Waals surface area contributed by atoms with E-state index >= 15 is 0 Å². The van der Waals surface area contributed by atoms with E-state index in [2.05, 4.69) is 27.3 Å². The van der Waals surface area contributed by atoms with Crippen molar-refractivity contribution in [2.75, 3.05) is 24.5 Å². The molecule has 3 heteroatoms. The summed E-state index contributed by atoms with van der Waals surface area (Å²) in [4.78, 5) is 6.88. The standard InChI is InChI=1S/C13H19N3/c1-2-7-15-13(5-1)16-9-6-12-11(10-16)4-3-8-14-12/h1-2,5,7,11-12,14H,3-4,6,8-10H2. The Bertz CT molecular complexity index is 338. The first-order valence-corrected chi connectivity index (χ1v) is 6.33. The highest BCUT2D eigenvalue weighted by atomic mass is 15.2. The molecule has 3 nitrogen and oxygen atoms in total. The minimum absolute atomic E-state index is 0.758. The minimum Gasteiger partial charge on any atom is -0.356 e. The second-order valence-corrected chi connectivity index (χ2v) is 4.89. The lowest BCUT2D eigenvalue weighted by Gasteiger charge is -2.42. The highest BCUT2D eigenvalue weighted by Gasteiger charge is 2.31. The van der Waals surface area contributed by atoms with E-state index in [4.69, 9.17) is 0 Å². The van der Waals surface area contributed by atoms with E-state index in [1.54, 1.807) is 0 Å². The normalized spacial score (nSPS) is 29.9. The van der Waals surface area contributed by atoms with Gasteiger partial charge >= 0.3 is 0 Å². The summed E-state index contributed by atoms with van der Waals surface area (Å²) >= 11 is 0. The Balaban J connectivity index is 1.71. The molecule has 1 aromatic heterocycles. The summed E-state index contributed by atoms with van der Waals surface area (Å²) in [6.07, 6.45) is 5.86. The average molecular weight is 217 g/mol. The van der Waals surface area contributed by atoms with Crippen molar-refractivity contribution in [1.29, 1.82) is 0 Å². The quantitative estimate of drug-likeness (QED) is 0.775. The fourth-order valence-corrected chi connectivity index (χ4v) is 2.99. The number of hydrogen-bond donors (Lipinski definition) is 1. The molecule has 3 rings (SSSR count). The van der Waals surface area contributed by atoms with Crippen molar-refractivity contribution >= 4 is 5.82 Å². The fraction of sp³-hybridized carbons (Fsp3) is 0.615. The topological polar surface area (TPSA) is 28.2 Å². The van der Waals surface area contributed by atoms with Gasteiger partial charge in [0.25, 0.3) is 0 Å². The summed E-state index contributed by atoms with van der Waals surface area (Å²) in [5.41, 5.74) is 0. The van der Waals surface area contributed by atoms with Gasteiger partial charge in [0, 0.05) is 25.3 Å². The monoisotopic (exact) mass is 217 g/mol. The second-order valence-electron chi connectivity index (χ2n) is 4.89. The smallest absolute Gasteiger partial charge is 0.128 e.